The molecule has 0 aliphatic heterocycles. The molecule has 0 saturated heterocycles. The van der Waals surface area contributed by atoms with Crippen LogP contribution in [0.5, 0.6) is 0 Å². The molecule has 0 radical (unpaired) electrons. The van der Waals surface area contributed by atoms with E-state index in [-0.39, 0.29) is 23.1 Å². The zero-order chi connectivity index (χ0) is 16.4. The number of carbonyl (C=O) groups is 1. The molecule has 0 unspecified atom stereocenters. The standard InChI is InChI=1S/C16H10F4O2/c1-2-3-8-4-5-10(16(21)22)14(19)13(8)9-6-11(17)15(20)12(18)7-9/h2,4-7H,1,3H2,(H,21,22). The van der Waals surface area contributed by atoms with E-state index in [1.165, 1.54) is 12.1 Å². The predicted octanol–water partition coefficient (Wildman–Crippen LogP) is 4.34. The van der Waals surface area contributed by atoms with Gasteiger partial charge >= 0.3 is 5.97 Å². The Labute approximate surface area is 123 Å². The molecular formula is C16H10F4O2. The second kappa shape index (κ2) is 6.01. The molecule has 0 saturated carbocycles. The van der Waals surface area contributed by atoms with E-state index in [2.05, 4.69) is 6.58 Å². The molecule has 0 fully saturated rings. The average Bonchev–Trinajstić information content (AvgIpc) is 2.44. The van der Waals surface area contributed by atoms with Crippen molar-refractivity contribution < 1.29 is 27.5 Å². The van der Waals surface area contributed by atoms with Gasteiger partial charge in [-0.1, -0.05) is 12.1 Å². The summed E-state index contributed by atoms with van der Waals surface area (Å²) in [6.45, 7) is 3.48. The molecule has 2 nitrogen and oxygen atoms in total. The molecule has 0 bridgehead atoms. The average molecular weight is 310 g/mol. The van der Waals surface area contributed by atoms with Crippen molar-refractivity contribution in [2.45, 2.75) is 6.42 Å². The molecule has 2 aromatic rings. The first-order valence-corrected chi connectivity index (χ1v) is 6.17. The monoisotopic (exact) mass is 310 g/mol. The summed E-state index contributed by atoms with van der Waals surface area (Å²) in [5.41, 5.74) is -0.942. The first kappa shape index (κ1) is 15.8. The first-order chi connectivity index (χ1) is 10.4. The van der Waals surface area contributed by atoms with E-state index in [9.17, 15) is 22.4 Å². The SMILES string of the molecule is C=CCc1ccc(C(=O)O)c(F)c1-c1cc(F)c(F)c(F)c1. The highest BCUT2D eigenvalue weighted by atomic mass is 19.2. The lowest BCUT2D eigenvalue weighted by Crippen LogP contribution is -2.05. The van der Waals surface area contributed by atoms with Crippen molar-refractivity contribution in [2.24, 2.45) is 0 Å². The minimum Gasteiger partial charge on any atom is -0.478 e. The van der Waals surface area contributed by atoms with Crippen LogP contribution in [0.2, 0.25) is 0 Å². The number of allylic oxidation sites excluding steroid dienone is 1. The Bertz CT molecular complexity index is 746. The molecule has 1 N–H and O–H groups in total. The van der Waals surface area contributed by atoms with E-state index in [0.29, 0.717) is 12.1 Å². The van der Waals surface area contributed by atoms with Crippen LogP contribution in [0, 0.1) is 23.3 Å². The van der Waals surface area contributed by atoms with Crippen molar-refractivity contribution in [3.05, 3.63) is 71.3 Å². The fourth-order valence-electron chi connectivity index (χ4n) is 2.12. The van der Waals surface area contributed by atoms with Gasteiger partial charge in [0.15, 0.2) is 17.5 Å². The van der Waals surface area contributed by atoms with Gasteiger partial charge in [0, 0.05) is 5.56 Å². The fraction of sp³-hybridized carbons (Fsp3) is 0.0625. The molecule has 0 heterocycles. The maximum atomic E-state index is 14.4. The van der Waals surface area contributed by atoms with E-state index in [1.807, 2.05) is 0 Å². The third-order valence-corrected chi connectivity index (χ3v) is 3.10. The molecule has 0 amide bonds. The van der Waals surface area contributed by atoms with Gasteiger partial charge in [-0.25, -0.2) is 22.4 Å². The van der Waals surface area contributed by atoms with Gasteiger partial charge in [-0.2, -0.15) is 0 Å². The van der Waals surface area contributed by atoms with Crippen molar-refractivity contribution in [3.8, 4) is 11.1 Å². The summed E-state index contributed by atoms with van der Waals surface area (Å²) in [5, 5.41) is 8.94. The summed E-state index contributed by atoms with van der Waals surface area (Å²) in [5.74, 6) is -7.31. The maximum absolute atomic E-state index is 14.4. The predicted molar refractivity (Wildman–Crippen MR) is 72.6 cm³/mol. The van der Waals surface area contributed by atoms with Crippen molar-refractivity contribution in [1.29, 1.82) is 0 Å². The van der Waals surface area contributed by atoms with Gasteiger partial charge in [0.05, 0.1) is 5.56 Å². The number of aromatic carboxylic acids is 1. The lowest BCUT2D eigenvalue weighted by molar-refractivity contribution is 0.0692. The highest BCUT2D eigenvalue weighted by Crippen LogP contribution is 2.31. The largest absolute Gasteiger partial charge is 0.478 e. The number of benzene rings is 2. The molecule has 0 aromatic heterocycles. The number of hydrogen-bond acceptors (Lipinski definition) is 1. The van der Waals surface area contributed by atoms with Crippen LogP contribution in [-0.2, 0) is 6.42 Å². The Morgan fingerprint density at radius 1 is 1.09 bits per heavy atom. The third kappa shape index (κ3) is 2.72. The number of halogens is 4. The van der Waals surface area contributed by atoms with Crippen molar-refractivity contribution in [1.82, 2.24) is 0 Å². The van der Waals surface area contributed by atoms with Crippen LogP contribution >= 0.6 is 0 Å². The number of carboxylic acid groups (broad SMARTS) is 1. The quantitative estimate of drug-likeness (QED) is 0.518. The first-order valence-electron chi connectivity index (χ1n) is 6.17. The molecule has 0 spiro atoms. The van der Waals surface area contributed by atoms with Gasteiger partial charge in [-0.3, -0.25) is 0 Å². The smallest absolute Gasteiger partial charge is 0.338 e. The Kier molecular flexibility index (Phi) is 4.30. The summed E-state index contributed by atoms with van der Waals surface area (Å²) >= 11 is 0. The Hall–Kier alpha value is -2.63. The Morgan fingerprint density at radius 2 is 1.68 bits per heavy atom. The van der Waals surface area contributed by atoms with Gasteiger partial charge in [-0.15, -0.1) is 6.58 Å². The van der Waals surface area contributed by atoms with Crippen LogP contribution in [-0.4, -0.2) is 11.1 Å². The van der Waals surface area contributed by atoms with Gasteiger partial charge in [0.1, 0.15) is 5.82 Å². The highest BCUT2D eigenvalue weighted by molar-refractivity contribution is 5.90. The molecule has 114 valence electrons. The summed E-state index contributed by atoms with van der Waals surface area (Å²) in [6.07, 6.45) is 1.57. The summed E-state index contributed by atoms with van der Waals surface area (Å²) < 4.78 is 54.2. The normalized spacial score (nSPS) is 10.5. The maximum Gasteiger partial charge on any atom is 0.338 e. The van der Waals surface area contributed by atoms with Crippen molar-refractivity contribution in [2.75, 3.05) is 0 Å². The molecule has 0 atom stereocenters. The van der Waals surface area contributed by atoms with Crippen LogP contribution in [0.4, 0.5) is 17.6 Å². The van der Waals surface area contributed by atoms with Crippen LogP contribution in [0.25, 0.3) is 11.1 Å². The van der Waals surface area contributed by atoms with Crippen molar-refractivity contribution >= 4 is 5.97 Å². The fourth-order valence-corrected chi connectivity index (χ4v) is 2.12. The zero-order valence-corrected chi connectivity index (χ0v) is 11.2. The van der Waals surface area contributed by atoms with Gasteiger partial charge < -0.3 is 5.11 Å². The molecule has 0 aliphatic rings. The second-order valence-electron chi connectivity index (χ2n) is 4.51. The molecule has 2 rings (SSSR count). The van der Waals surface area contributed by atoms with Gasteiger partial charge in [-0.05, 0) is 35.7 Å². The van der Waals surface area contributed by atoms with E-state index < -0.39 is 34.8 Å². The summed E-state index contributed by atoms with van der Waals surface area (Å²) in [6, 6.07) is 3.61. The zero-order valence-electron chi connectivity index (χ0n) is 11.2. The van der Waals surface area contributed by atoms with E-state index in [0.717, 1.165) is 6.07 Å². The molecule has 0 aliphatic carbocycles. The molecular weight excluding hydrogens is 300 g/mol. The number of rotatable bonds is 4. The highest BCUT2D eigenvalue weighted by Gasteiger charge is 2.21. The summed E-state index contributed by atoms with van der Waals surface area (Å²) in [4.78, 5) is 11.0. The van der Waals surface area contributed by atoms with E-state index >= 15 is 0 Å². The van der Waals surface area contributed by atoms with Crippen LogP contribution in [0.1, 0.15) is 15.9 Å². The lowest BCUT2D eigenvalue weighted by Gasteiger charge is -2.12. The second-order valence-corrected chi connectivity index (χ2v) is 4.51. The summed E-state index contributed by atoms with van der Waals surface area (Å²) in [7, 11) is 0. The third-order valence-electron chi connectivity index (χ3n) is 3.10. The minimum atomic E-state index is -1.68. The van der Waals surface area contributed by atoms with E-state index in [4.69, 9.17) is 5.11 Å². The topological polar surface area (TPSA) is 37.3 Å². The Morgan fingerprint density at radius 3 is 2.18 bits per heavy atom. The molecule has 6 heteroatoms. The van der Waals surface area contributed by atoms with Gasteiger partial charge in [0.25, 0.3) is 0 Å². The van der Waals surface area contributed by atoms with Crippen LogP contribution < -0.4 is 0 Å². The lowest BCUT2D eigenvalue weighted by atomic mass is 9.94. The van der Waals surface area contributed by atoms with Gasteiger partial charge in [0.2, 0.25) is 0 Å². The molecule has 22 heavy (non-hydrogen) atoms. The minimum absolute atomic E-state index is 0.146. The molecule has 2 aromatic carbocycles. The van der Waals surface area contributed by atoms with Crippen LogP contribution in [0.15, 0.2) is 36.9 Å². The van der Waals surface area contributed by atoms with Crippen molar-refractivity contribution in [3.63, 3.8) is 0 Å². The number of hydrogen-bond donors (Lipinski definition) is 1. The Balaban J connectivity index is 2.79. The number of carboxylic acids is 1. The van der Waals surface area contributed by atoms with Crippen LogP contribution in [0.3, 0.4) is 0 Å². The van der Waals surface area contributed by atoms with E-state index in [1.54, 1.807) is 0 Å².